The monoisotopic (exact) mass is 466 g/mol. The molecule has 9 heteroatoms. The minimum Gasteiger partial charge on any atom is -0.500 e. The molecule has 0 bridgehead atoms. The number of carboxylic acid groups (broad SMARTS) is 1. The predicted molar refractivity (Wildman–Crippen MR) is 112 cm³/mol. The van der Waals surface area contributed by atoms with E-state index in [0.29, 0.717) is 22.8 Å². The zero-order chi connectivity index (χ0) is 24.6. The van der Waals surface area contributed by atoms with E-state index in [2.05, 4.69) is 0 Å². The summed E-state index contributed by atoms with van der Waals surface area (Å²) in [5, 5.41) is 20.6. The maximum absolute atomic E-state index is 14.0. The summed E-state index contributed by atoms with van der Waals surface area (Å²) in [5.41, 5.74) is -1.98. The van der Waals surface area contributed by atoms with Gasteiger partial charge in [0.05, 0.1) is 31.8 Å². The van der Waals surface area contributed by atoms with E-state index in [1.165, 1.54) is 31.4 Å². The summed E-state index contributed by atoms with van der Waals surface area (Å²) in [6.07, 6.45) is -7.18. The van der Waals surface area contributed by atoms with Gasteiger partial charge in [-0.05, 0) is 37.0 Å². The highest BCUT2D eigenvalue weighted by molar-refractivity contribution is 6.02. The largest absolute Gasteiger partial charge is 0.500 e. The summed E-state index contributed by atoms with van der Waals surface area (Å²) in [4.78, 5) is 25.0. The van der Waals surface area contributed by atoms with E-state index in [1.54, 1.807) is 13.0 Å². The number of carbonyl (C=O) groups excluding carboxylic acids is 1. The molecule has 0 saturated heterocycles. The van der Waals surface area contributed by atoms with Crippen molar-refractivity contribution in [1.29, 1.82) is 0 Å². The Bertz CT molecular complexity index is 1040. The third-order valence-electron chi connectivity index (χ3n) is 6.39. The molecule has 0 radical (unpaired) electrons. The van der Waals surface area contributed by atoms with Crippen LogP contribution in [0.3, 0.4) is 0 Å². The van der Waals surface area contributed by atoms with Crippen LogP contribution < -0.4 is 0 Å². The zero-order valence-corrected chi connectivity index (χ0v) is 18.4. The van der Waals surface area contributed by atoms with Crippen molar-refractivity contribution in [2.24, 2.45) is 5.92 Å². The maximum Gasteiger partial charge on any atom is 0.414 e. The lowest BCUT2D eigenvalue weighted by Gasteiger charge is -2.33. The Morgan fingerprint density at radius 3 is 2.39 bits per heavy atom. The average Bonchev–Trinajstić information content (AvgIpc) is 3.26. The van der Waals surface area contributed by atoms with Crippen LogP contribution in [0.1, 0.15) is 25.8 Å². The van der Waals surface area contributed by atoms with Gasteiger partial charge in [0.15, 0.2) is 5.78 Å². The molecule has 1 aliphatic heterocycles. The quantitative estimate of drug-likeness (QED) is 0.595. The summed E-state index contributed by atoms with van der Waals surface area (Å²) < 4.78 is 52.7. The van der Waals surface area contributed by atoms with Gasteiger partial charge in [0.2, 0.25) is 0 Å². The lowest BCUT2D eigenvalue weighted by atomic mass is 9.74. The van der Waals surface area contributed by atoms with Crippen LogP contribution in [0, 0.1) is 5.92 Å². The Balaban J connectivity index is 2.03. The molecule has 6 nitrogen and oxygen atoms in total. The molecule has 1 heterocycles. The first kappa shape index (κ1) is 24.7. The zero-order valence-electron chi connectivity index (χ0n) is 18.4. The number of methoxy groups -OCH3 is 1. The van der Waals surface area contributed by atoms with Gasteiger partial charge in [-0.15, -0.1) is 0 Å². The summed E-state index contributed by atoms with van der Waals surface area (Å²) in [6.45, 7) is 3.05. The summed E-state index contributed by atoms with van der Waals surface area (Å²) in [7, 11) is 1.33. The second-order valence-corrected chi connectivity index (χ2v) is 8.23. The second-order valence-electron chi connectivity index (χ2n) is 8.23. The average molecular weight is 466 g/mol. The number of aliphatic carboxylic acids is 1. The van der Waals surface area contributed by atoms with E-state index in [1.807, 2.05) is 0 Å². The van der Waals surface area contributed by atoms with Crippen molar-refractivity contribution in [3.05, 3.63) is 70.0 Å². The number of allylic oxidation sites excluding steroid dienone is 2. The van der Waals surface area contributed by atoms with Crippen molar-refractivity contribution < 1.29 is 42.4 Å². The van der Waals surface area contributed by atoms with Crippen LogP contribution >= 0.6 is 0 Å². The van der Waals surface area contributed by atoms with Gasteiger partial charge in [-0.25, -0.2) is 0 Å². The molecule has 0 saturated carbocycles. The highest BCUT2D eigenvalue weighted by Crippen LogP contribution is 2.41. The lowest BCUT2D eigenvalue weighted by molar-refractivity contribution is -0.150. The first-order valence-electron chi connectivity index (χ1n) is 10.3. The van der Waals surface area contributed by atoms with Gasteiger partial charge in [0.25, 0.3) is 0 Å². The van der Waals surface area contributed by atoms with Gasteiger partial charge in [-0.3, -0.25) is 9.59 Å². The molecule has 0 amide bonds. The van der Waals surface area contributed by atoms with Crippen molar-refractivity contribution in [1.82, 2.24) is 0 Å². The third-order valence-corrected chi connectivity index (χ3v) is 6.39. The van der Waals surface area contributed by atoms with E-state index >= 15 is 0 Å². The van der Waals surface area contributed by atoms with Crippen LogP contribution in [0.5, 0.6) is 0 Å². The number of carboxylic acids is 1. The van der Waals surface area contributed by atoms with E-state index in [0.717, 1.165) is 6.92 Å². The minimum atomic E-state index is -5.03. The highest BCUT2D eigenvalue weighted by Gasteiger charge is 2.51. The molecule has 0 fully saturated rings. The van der Waals surface area contributed by atoms with E-state index < -0.39 is 47.4 Å². The SMILES string of the molecule is COC1=C(C)C2=C(COC2)C(=O)C1C/C=C(\C(O)C(C)(C(=O)O)c1ccccc1)C(F)(F)F. The molecule has 3 rings (SSSR count). The van der Waals surface area contributed by atoms with E-state index in [9.17, 15) is 33.0 Å². The fourth-order valence-corrected chi connectivity index (χ4v) is 4.35. The number of ketones is 1. The van der Waals surface area contributed by atoms with Crippen molar-refractivity contribution in [2.75, 3.05) is 20.3 Å². The molecule has 0 spiro atoms. The van der Waals surface area contributed by atoms with Gasteiger partial charge in [0.1, 0.15) is 17.3 Å². The van der Waals surface area contributed by atoms with Crippen molar-refractivity contribution >= 4 is 11.8 Å². The number of benzene rings is 1. The molecule has 1 aliphatic carbocycles. The molecule has 2 N–H and O–H groups in total. The van der Waals surface area contributed by atoms with Crippen molar-refractivity contribution in [2.45, 2.75) is 38.0 Å². The molecular weight excluding hydrogens is 441 g/mol. The standard InChI is InChI=1S/C24H25F3O6/c1-13-16-11-33-12-17(16)19(28)15(20(13)32-3)9-10-18(24(25,26)27)21(29)23(2,22(30)31)14-7-5-4-6-8-14/h4-8,10,15,21,29H,9,11-12H2,1-3H3,(H,30,31)/b18-10+. The number of hydrogen-bond donors (Lipinski definition) is 2. The number of rotatable bonds is 7. The number of alkyl halides is 3. The molecule has 178 valence electrons. The van der Waals surface area contributed by atoms with Crippen molar-refractivity contribution in [3.8, 4) is 0 Å². The Hall–Kier alpha value is -2.91. The van der Waals surface area contributed by atoms with E-state index in [-0.39, 0.29) is 24.5 Å². The predicted octanol–water partition coefficient (Wildman–Crippen LogP) is 3.71. The van der Waals surface area contributed by atoms with Crippen LogP contribution in [0.2, 0.25) is 0 Å². The number of ether oxygens (including phenoxy) is 2. The van der Waals surface area contributed by atoms with Gasteiger partial charge >= 0.3 is 12.1 Å². The van der Waals surface area contributed by atoms with Crippen LogP contribution in [0.15, 0.2) is 64.5 Å². The lowest BCUT2D eigenvalue weighted by Crippen LogP contribution is -2.47. The Kier molecular flexibility index (Phi) is 6.85. The maximum atomic E-state index is 14.0. The molecule has 33 heavy (non-hydrogen) atoms. The summed E-state index contributed by atoms with van der Waals surface area (Å²) >= 11 is 0. The number of hydrogen-bond acceptors (Lipinski definition) is 5. The minimum absolute atomic E-state index is 0.0140. The second kappa shape index (κ2) is 9.15. The summed E-state index contributed by atoms with van der Waals surface area (Å²) in [5.74, 6) is -2.81. The number of aliphatic hydroxyl groups excluding tert-OH is 1. The fourth-order valence-electron chi connectivity index (χ4n) is 4.35. The van der Waals surface area contributed by atoms with Gasteiger partial charge < -0.3 is 19.7 Å². The van der Waals surface area contributed by atoms with Crippen LogP contribution in [-0.2, 0) is 24.5 Å². The molecule has 2 aliphatic rings. The highest BCUT2D eigenvalue weighted by atomic mass is 19.4. The summed E-state index contributed by atoms with van der Waals surface area (Å²) in [6, 6.07) is 7.24. The molecule has 3 unspecified atom stereocenters. The van der Waals surface area contributed by atoms with Crippen LogP contribution in [0.4, 0.5) is 13.2 Å². The Morgan fingerprint density at radius 2 is 1.85 bits per heavy atom. The fraction of sp³-hybridized carbons (Fsp3) is 0.417. The first-order valence-corrected chi connectivity index (χ1v) is 10.3. The van der Waals surface area contributed by atoms with Crippen LogP contribution in [-0.4, -0.2) is 54.6 Å². The molecule has 1 aromatic carbocycles. The number of Topliss-reactive ketones (excluding diaryl/α,β-unsaturated/α-hetero) is 1. The topological polar surface area (TPSA) is 93.1 Å². The molecular formula is C24H25F3O6. The Labute approximate surface area is 189 Å². The molecule has 1 aromatic rings. The van der Waals surface area contributed by atoms with Crippen LogP contribution in [0.25, 0.3) is 0 Å². The van der Waals surface area contributed by atoms with Gasteiger partial charge in [-0.1, -0.05) is 36.4 Å². The number of aliphatic hydroxyl groups is 1. The molecule has 3 atom stereocenters. The van der Waals surface area contributed by atoms with E-state index in [4.69, 9.17) is 9.47 Å². The Morgan fingerprint density at radius 1 is 1.24 bits per heavy atom. The first-order chi connectivity index (χ1) is 15.4. The normalized spacial score (nSPS) is 22.2. The smallest absolute Gasteiger partial charge is 0.414 e. The van der Waals surface area contributed by atoms with Gasteiger partial charge in [-0.2, -0.15) is 13.2 Å². The van der Waals surface area contributed by atoms with Crippen molar-refractivity contribution in [3.63, 3.8) is 0 Å². The number of carbonyl (C=O) groups is 2. The third kappa shape index (κ3) is 4.35. The number of halogens is 3. The van der Waals surface area contributed by atoms with Gasteiger partial charge in [0, 0.05) is 5.57 Å². The molecule has 0 aromatic heterocycles.